The first-order chi connectivity index (χ1) is 9.97. The van der Waals surface area contributed by atoms with Crippen LogP contribution >= 0.6 is 38.5 Å². The fourth-order valence-electron chi connectivity index (χ4n) is 2.54. The number of hydrogen-bond acceptors (Lipinski definition) is 3. The smallest absolute Gasteiger partial charge is 0.124 e. The molecule has 2 aromatic rings. The fraction of sp³-hybridized carbons (Fsp3) is 0.250. The molecule has 0 fully saturated rings. The van der Waals surface area contributed by atoms with Gasteiger partial charge in [0.25, 0.3) is 0 Å². The predicted octanol–water partition coefficient (Wildman–Crippen LogP) is 4.23. The van der Waals surface area contributed by atoms with E-state index in [4.69, 9.17) is 10.6 Å². The molecule has 3 nitrogen and oxygen atoms in total. The van der Waals surface area contributed by atoms with Gasteiger partial charge in [-0.2, -0.15) is 0 Å². The van der Waals surface area contributed by atoms with Crippen LogP contribution in [0, 0.1) is 17.4 Å². The van der Waals surface area contributed by atoms with E-state index in [-0.39, 0.29) is 6.04 Å². The van der Waals surface area contributed by atoms with Gasteiger partial charge in [-0.05, 0) is 77.4 Å². The first kappa shape index (κ1) is 16.7. The minimum absolute atomic E-state index is 0.135. The van der Waals surface area contributed by atoms with E-state index in [1.807, 2.05) is 12.1 Å². The molecule has 0 aliphatic carbocycles. The zero-order valence-electron chi connectivity index (χ0n) is 12.2. The lowest BCUT2D eigenvalue weighted by molar-refractivity contribution is 0.403. The highest BCUT2D eigenvalue weighted by Crippen LogP contribution is 2.36. The van der Waals surface area contributed by atoms with Crippen molar-refractivity contribution in [3.8, 4) is 5.75 Å². The fourth-order valence-corrected chi connectivity index (χ4v) is 3.53. The van der Waals surface area contributed by atoms with Gasteiger partial charge in [-0.25, -0.2) is 5.43 Å². The molecule has 0 radical (unpaired) electrons. The minimum Gasteiger partial charge on any atom is -0.496 e. The van der Waals surface area contributed by atoms with Crippen LogP contribution in [0.25, 0.3) is 0 Å². The Labute approximate surface area is 147 Å². The number of ether oxygens (including phenoxy) is 1. The lowest BCUT2D eigenvalue weighted by atomic mass is 9.93. The van der Waals surface area contributed by atoms with Crippen molar-refractivity contribution in [3.05, 3.63) is 60.6 Å². The van der Waals surface area contributed by atoms with E-state index < -0.39 is 0 Å². The average molecular weight is 461 g/mol. The molecular weight excluding hydrogens is 443 g/mol. The van der Waals surface area contributed by atoms with Crippen molar-refractivity contribution in [2.75, 3.05) is 7.11 Å². The molecule has 1 unspecified atom stereocenters. The highest BCUT2D eigenvalue weighted by molar-refractivity contribution is 14.1. The maximum absolute atomic E-state index is 5.86. The minimum atomic E-state index is -0.135. The number of benzene rings is 2. The van der Waals surface area contributed by atoms with Crippen LogP contribution in [-0.4, -0.2) is 7.11 Å². The molecule has 2 rings (SSSR count). The molecular formula is C16H18BrIN2O. The molecule has 0 aliphatic heterocycles. The molecule has 21 heavy (non-hydrogen) atoms. The molecule has 2 aromatic carbocycles. The average Bonchev–Trinajstić information content (AvgIpc) is 2.44. The van der Waals surface area contributed by atoms with Crippen molar-refractivity contribution < 1.29 is 4.74 Å². The third kappa shape index (κ3) is 3.59. The van der Waals surface area contributed by atoms with Crippen molar-refractivity contribution in [3.63, 3.8) is 0 Å². The summed E-state index contributed by atoms with van der Waals surface area (Å²) < 4.78 is 7.75. The van der Waals surface area contributed by atoms with Crippen molar-refractivity contribution in [1.82, 2.24) is 5.43 Å². The molecule has 5 heteroatoms. The Hall–Kier alpha value is -0.630. The summed E-state index contributed by atoms with van der Waals surface area (Å²) in [7, 11) is 1.69. The molecule has 1 atom stereocenters. The first-order valence-electron chi connectivity index (χ1n) is 6.54. The predicted molar refractivity (Wildman–Crippen MR) is 98.5 cm³/mol. The van der Waals surface area contributed by atoms with Crippen molar-refractivity contribution >= 4 is 38.5 Å². The van der Waals surface area contributed by atoms with Crippen LogP contribution in [0.1, 0.15) is 28.3 Å². The molecule has 0 amide bonds. The quantitative estimate of drug-likeness (QED) is 0.407. The molecule has 0 aliphatic rings. The summed E-state index contributed by atoms with van der Waals surface area (Å²) >= 11 is 5.92. The van der Waals surface area contributed by atoms with Gasteiger partial charge >= 0.3 is 0 Å². The summed E-state index contributed by atoms with van der Waals surface area (Å²) in [5.74, 6) is 6.71. The number of nitrogens with one attached hydrogen (secondary N) is 1. The summed E-state index contributed by atoms with van der Waals surface area (Å²) in [6.45, 7) is 4.14. The van der Waals surface area contributed by atoms with E-state index in [2.05, 4.69) is 76.0 Å². The molecule has 0 saturated carbocycles. The van der Waals surface area contributed by atoms with Gasteiger partial charge in [-0.3, -0.25) is 5.84 Å². The summed E-state index contributed by atoms with van der Waals surface area (Å²) in [5, 5.41) is 0. The largest absolute Gasteiger partial charge is 0.496 e. The number of methoxy groups -OCH3 is 1. The van der Waals surface area contributed by atoms with Gasteiger partial charge in [0.1, 0.15) is 5.75 Å². The zero-order chi connectivity index (χ0) is 15.6. The molecule has 0 bridgehead atoms. The molecule has 112 valence electrons. The van der Waals surface area contributed by atoms with Gasteiger partial charge in [-0.1, -0.05) is 22.0 Å². The SMILES string of the molecule is COc1cc(C)cc(C)c1C(NN)c1cc(I)ccc1Br. The second-order valence-corrected chi connectivity index (χ2v) is 7.06. The molecule has 3 N–H and O–H groups in total. The van der Waals surface area contributed by atoms with Crippen molar-refractivity contribution in [2.45, 2.75) is 19.9 Å². The van der Waals surface area contributed by atoms with Gasteiger partial charge < -0.3 is 4.74 Å². The van der Waals surface area contributed by atoms with Crippen LogP contribution in [0.15, 0.2) is 34.8 Å². The second kappa shape index (κ2) is 7.09. The summed E-state index contributed by atoms with van der Waals surface area (Å²) in [6.07, 6.45) is 0. The maximum Gasteiger partial charge on any atom is 0.124 e. The van der Waals surface area contributed by atoms with Crippen LogP contribution in [0.5, 0.6) is 5.75 Å². The molecule has 0 saturated heterocycles. The van der Waals surface area contributed by atoms with Crippen LogP contribution in [0.3, 0.4) is 0 Å². The van der Waals surface area contributed by atoms with E-state index in [0.29, 0.717) is 0 Å². The Bertz CT molecular complexity index is 661. The summed E-state index contributed by atoms with van der Waals surface area (Å²) in [6, 6.07) is 10.3. The van der Waals surface area contributed by atoms with E-state index in [0.717, 1.165) is 30.5 Å². The number of hydrazine groups is 1. The van der Waals surface area contributed by atoms with E-state index in [1.54, 1.807) is 7.11 Å². The van der Waals surface area contributed by atoms with Crippen LogP contribution in [0.2, 0.25) is 0 Å². The highest BCUT2D eigenvalue weighted by Gasteiger charge is 2.22. The monoisotopic (exact) mass is 460 g/mol. The van der Waals surface area contributed by atoms with Gasteiger partial charge in [0, 0.05) is 13.6 Å². The third-order valence-electron chi connectivity index (χ3n) is 3.44. The number of hydrogen-bond donors (Lipinski definition) is 2. The third-order valence-corrected chi connectivity index (χ3v) is 4.83. The molecule has 0 aromatic heterocycles. The van der Waals surface area contributed by atoms with Gasteiger partial charge in [0.15, 0.2) is 0 Å². The summed E-state index contributed by atoms with van der Waals surface area (Å²) in [4.78, 5) is 0. The Morgan fingerprint density at radius 1 is 1.24 bits per heavy atom. The number of rotatable bonds is 4. The Morgan fingerprint density at radius 3 is 2.57 bits per heavy atom. The molecule has 0 heterocycles. The Kier molecular flexibility index (Phi) is 5.65. The lowest BCUT2D eigenvalue weighted by Gasteiger charge is -2.23. The summed E-state index contributed by atoms with van der Waals surface area (Å²) in [5.41, 5.74) is 7.41. The number of nitrogens with two attached hydrogens (primary N) is 1. The van der Waals surface area contributed by atoms with Crippen LogP contribution in [-0.2, 0) is 0 Å². The van der Waals surface area contributed by atoms with Crippen molar-refractivity contribution in [2.24, 2.45) is 5.84 Å². The van der Waals surface area contributed by atoms with E-state index >= 15 is 0 Å². The van der Waals surface area contributed by atoms with Crippen LogP contribution in [0.4, 0.5) is 0 Å². The molecule has 0 spiro atoms. The zero-order valence-corrected chi connectivity index (χ0v) is 15.9. The number of aryl methyl sites for hydroxylation is 2. The highest BCUT2D eigenvalue weighted by atomic mass is 127. The normalized spacial score (nSPS) is 12.3. The van der Waals surface area contributed by atoms with E-state index in [1.165, 1.54) is 5.56 Å². The number of halogens is 2. The van der Waals surface area contributed by atoms with Gasteiger partial charge in [-0.15, -0.1) is 0 Å². The van der Waals surface area contributed by atoms with Crippen molar-refractivity contribution in [1.29, 1.82) is 0 Å². The Balaban J connectivity index is 2.64. The van der Waals surface area contributed by atoms with Gasteiger partial charge in [0.05, 0.1) is 13.2 Å². The standard InChI is InChI=1S/C16H18BrIN2O/c1-9-6-10(2)15(14(7-9)21-3)16(20-19)12-8-11(18)4-5-13(12)17/h4-8,16,20H,19H2,1-3H3. The van der Waals surface area contributed by atoms with Gasteiger partial charge in [0.2, 0.25) is 0 Å². The van der Waals surface area contributed by atoms with E-state index in [9.17, 15) is 0 Å². The van der Waals surface area contributed by atoms with Crippen LogP contribution < -0.4 is 16.0 Å². The lowest BCUT2D eigenvalue weighted by Crippen LogP contribution is -2.30. The maximum atomic E-state index is 5.86. The Morgan fingerprint density at radius 2 is 1.95 bits per heavy atom. The topological polar surface area (TPSA) is 47.3 Å². The second-order valence-electron chi connectivity index (χ2n) is 4.96. The first-order valence-corrected chi connectivity index (χ1v) is 8.41.